The molecule has 0 amide bonds. The first-order valence-electron chi connectivity index (χ1n) is 14.6. The van der Waals surface area contributed by atoms with E-state index in [-0.39, 0.29) is 11.0 Å². The van der Waals surface area contributed by atoms with E-state index in [2.05, 4.69) is 25.6 Å². The summed E-state index contributed by atoms with van der Waals surface area (Å²) in [6, 6.07) is 11.9. The minimum absolute atomic E-state index is 0.214. The van der Waals surface area contributed by atoms with Crippen molar-refractivity contribution in [1.29, 1.82) is 0 Å². The van der Waals surface area contributed by atoms with Crippen LogP contribution >= 0.6 is 11.6 Å². The molecule has 2 aromatic carbocycles. The van der Waals surface area contributed by atoms with E-state index in [4.69, 9.17) is 26.1 Å². The van der Waals surface area contributed by atoms with Crippen LogP contribution in [0.4, 0.5) is 11.5 Å². The van der Waals surface area contributed by atoms with E-state index in [1.54, 1.807) is 20.4 Å². The maximum absolute atomic E-state index is 13.1. The van der Waals surface area contributed by atoms with Crippen molar-refractivity contribution in [3.8, 4) is 28.3 Å². The zero-order valence-corrected chi connectivity index (χ0v) is 26.2. The number of rotatable bonds is 8. The molecule has 0 unspecified atom stereocenters. The zero-order chi connectivity index (χ0) is 31.7. The molecule has 12 nitrogen and oxygen atoms in total. The van der Waals surface area contributed by atoms with Gasteiger partial charge in [-0.1, -0.05) is 41.9 Å². The minimum atomic E-state index is -0.484. The Morgan fingerprint density at radius 1 is 1.00 bits per heavy atom. The molecule has 0 bridgehead atoms. The monoisotopic (exact) mass is 628 g/mol. The van der Waals surface area contributed by atoms with Gasteiger partial charge in [0, 0.05) is 56.7 Å². The van der Waals surface area contributed by atoms with Crippen LogP contribution < -0.4 is 26.6 Å². The molecule has 1 saturated heterocycles. The molecule has 1 fully saturated rings. The fourth-order valence-corrected chi connectivity index (χ4v) is 5.90. The lowest BCUT2D eigenvalue weighted by Crippen LogP contribution is -2.37. The molecule has 6 rings (SSSR count). The molecular formula is C32H33ClN8O4. The van der Waals surface area contributed by atoms with E-state index in [0.717, 1.165) is 53.0 Å². The Bertz CT molecular complexity index is 2020. The third kappa shape index (κ3) is 5.79. The lowest BCUT2D eigenvalue weighted by atomic mass is 9.96. The van der Waals surface area contributed by atoms with Crippen LogP contribution in [0.5, 0.6) is 5.88 Å². The van der Waals surface area contributed by atoms with Crippen molar-refractivity contribution in [2.45, 2.75) is 32.4 Å². The highest BCUT2D eigenvalue weighted by Crippen LogP contribution is 2.39. The van der Waals surface area contributed by atoms with Crippen molar-refractivity contribution in [1.82, 2.24) is 34.4 Å². The molecule has 0 atom stereocenters. The van der Waals surface area contributed by atoms with E-state index in [1.807, 2.05) is 43.3 Å². The van der Waals surface area contributed by atoms with Gasteiger partial charge in [-0.15, -0.1) is 0 Å². The lowest BCUT2D eigenvalue weighted by Gasteiger charge is -2.23. The summed E-state index contributed by atoms with van der Waals surface area (Å²) in [5.74, 6) is 0.738. The summed E-state index contributed by atoms with van der Waals surface area (Å²) in [6.45, 7) is 4.01. The maximum atomic E-state index is 13.1. The minimum Gasteiger partial charge on any atom is -0.480 e. The predicted octanol–water partition coefficient (Wildman–Crippen LogP) is 4.13. The maximum Gasteiger partial charge on any atom is 0.332 e. The molecule has 1 aliphatic rings. The Balaban J connectivity index is 1.33. The van der Waals surface area contributed by atoms with Gasteiger partial charge in [-0.05, 0) is 37.0 Å². The molecule has 0 spiro atoms. The Morgan fingerprint density at radius 2 is 1.73 bits per heavy atom. The van der Waals surface area contributed by atoms with Gasteiger partial charge < -0.3 is 20.1 Å². The summed E-state index contributed by atoms with van der Waals surface area (Å²) in [7, 11) is 4.58. The van der Waals surface area contributed by atoms with E-state index >= 15 is 0 Å². The van der Waals surface area contributed by atoms with Crippen molar-refractivity contribution in [3.05, 3.63) is 86.0 Å². The average molecular weight is 629 g/mol. The van der Waals surface area contributed by atoms with Crippen molar-refractivity contribution >= 4 is 34.1 Å². The number of hydrogen-bond donors (Lipinski definition) is 2. The van der Waals surface area contributed by atoms with Crippen LogP contribution in [0.15, 0.2) is 58.5 Å². The van der Waals surface area contributed by atoms with Gasteiger partial charge in [-0.3, -0.25) is 18.9 Å². The molecule has 13 heteroatoms. The molecule has 2 N–H and O–H groups in total. The summed E-state index contributed by atoms with van der Waals surface area (Å²) < 4.78 is 13.4. The van der Waals surface area contributed by atoms with Crippen molar-refractivity contribution in [3.63, 3.8) is 0 Å². The second-order valence-corrected chi connectivity index (χ2v) is 11.3. The molecule has 3 aromatic heterocycles. The number of ether oxygens (including phenoxy) is 2. The van der Waals surface area contributed by atoms with Crippen LogP contribution in [0.1, 0.15) is 24.1 Å². The average Bonchev–Trinajstić information content (AvgIpc) is 3.07. The summed E-state index contributed by atoms with van der Waals surface area (Å²) in [4.78, 5) is 43.5. The quantitative estimate of drug-likeness (QED) is 0.258. The number of nitrogens with one attached hydrogen (secondary N) is 2. The molecule has 45 heavy (non-hydrogen) atoms. The van der Waals surface area contributed by atoms with Crippen LogP contribution in [0.2, 0.25) is 5.02 Å². The molecule has 4 heterocycles. The molecule has 1 aliphatic heterocycles. The Kier molecular flexibility index (Phi) is 8.61. The number of aryl methyl sites for hydroxylation is 1. The first-order chi connectivity index (χ1) is 21.8. The highest BCUT2D eigenvalue weighted by atomic mass is 35.5. The number of benzene rings is 2. The number of nitrogens with zero attached hydrogens (tertiary/aromatic N) is 6. The standard InChI is InChI=1S/C32H33ClN8O4/c1-18-20(7-6-10-23(18)38-28-26-29(37-17-36-28)40(2)32(43)41(3)31(26)42)21-8-5-9-22(27(21)33)24-15-35-25(30(39-24)44-4)16-34-19-11-13-45-14-12-19/h5-10,15,17,19,34H,11-14,16H2,1-4H3,(H,36,37,38). The molecular weight excluding hydrogens is 596 g/mol. The Hall–Kier alpha value is -4.65. The van der Waals surface area contributed by atoms with Gasteiger partial charge in [0.1, 0.15) is 23.2 Å². The lowest BCUT2D eigenvalue weighted by molar-refractivity contribution is 0.0774. The summed E-state index contributed by atoms with van der Waals surface area (Å²) in [5.41, 5.74) is 4.60. The third-order valence-corrected chi connectivity index (χ3v) is 8.58. The molecule has 0 saturated carbocycles. The van der Waals surface area contributed by atoms with Crippen molar-refractivity contribution in [2.24, 2.45) is 14.1 Å². The van der Waals surface area contributed by atoms with Crippen LogP contribution in [0, 0.1) is 6.92 Å². The Morgan fingerprint density at radius 3 is 2.51 bits per heavy atom. The fourth-order valence-electron chi connectivity index (χ4n) is 5.57. The first-order valence-corrected chi connectivity index (χ1v) is 14.9. The van der Waals surface area contributed by atoms with Crippen molar-refractivity contribution in [2.75, 3.05) is 25.6 Å². The predicted molar refractivity (Wildman–Crippen MR) is 173 cm³/mol. The van der Waals surface area contributed by atoms with Crippen LogP contribution in [0.3, 0.4) is 0 Å². The van der Waals surface area contributed by atoms with Gasteiger partial charge in [0.2, 0.25) is 5.88 Å². The number of fused-ring (bicyclic) bond motifs is 1. The molecule has 5 aromatic rings. The largest absolute Gasteiger partial charge is 0.480 e. The topological polar surface area (TPSA) is 138 Å². The van der Waals surface area contributed by atoms with Crippen molar-refractivity contribution < 1.29 is 9.47 Å². The molecule has 232 valence electrons. The summed E-state index contributed by atoms with van der Waals surface area (Å²) >= 11 is 7.06. The van der Waals surface area contributed by atoms with Crippen LogP contribution in [0.25, 0.3) is 33.4 Å². The second kappa shape index (κ2) is 12.8. The number of anilines is 2. The third-order valence-electron chi connectivity index (χ3n) is 8.17. The first kappa shape index (κ1) is 30.4. The van der Waals surface area contributed by atoms with Gasteiger partial charge in [0.25, 0.3) is 5.56 Å². The number of methoxy groups -OCH3 is 1. The van der Waals surface area contributed by atoms with E-state index in [1.165, 1.54) is 17.9 Å². The number of aromatic nitrogens is 6. The second-order valence-electron chi connectivity index (χ2n) is 10.9. The number of hydrogen-bond acceptors (Lipinski definition) is 10. The molecule has 0 aliphatic carbocycles. The summed E-state index contributed by atoms with van der Waals surface area (Å²) in [5, 5.41) is 7.54. The fraction of sp³-hybridized carbons (Fsp3) is 0.312. The smallest absolute Gasteiger partial charge is 0.332 e. The van der Waals surface area contributed by atoms with E-state index in [0.29, 0.717) is 46.3 Å². The Labute approximate surface area is 264 Å². The SMILES string of the molecule is COc1nc(-c2cccc(-c3cccc(Nc4ncnc5c4c(=O)n(C)c(=O)n5C)c3C)c2Cl)cnc1CNC1CCOCC1. The van der Waals surface area contributed by atoms with Crippen LogP contribution in [-0.4, -0.2) is 55.4 Å². The van der Waals surface area contributed by atoms with Crippen LogP contribution in [-0.2, 0) is 25.4 Å². The van der Waals surface area contributed by atoms with Gasteiger partial charge in [0.15, 0.2) is 5.65 Å². The normalized spacial score (nSPS) is 13.7. The highest BCUT2D eigenvalue weighted by Gasteiger charge is 2.20. The van der Waals surface area contributed by atoms with Gasteiger partial charge in [-0.2, -0.15) is 0 Å². The van der Waals surface area contributed by atoms with Gasteiger partial charge >= 0.3 is 5.69 Å². The molecule has 0 radical (unpaired) electrons. The zero-order valence-electron chi connectivity index (χ0n) is 25.4. The number of halogens is 1. The van der Waals surface area contributed by atoms with E-state index < -0.39 is 11.2 Å². The van der Waals surface area contributed by atoms with Gasteiger partial charge in [0.05, 0.1) is 24.0 Å². The highest BCUT2D eigenvalue weighted by molar-refractivity contribution is 6.36. The van der Waals surface area contributed by atoms with Gasteiger partial charge in [-0.25, -0.2) is 19.7 Å². The summed E-state index contributed by atoms with van der Waals surface area (Å²) in [6.07, 6.45) is 4.96. The van der Waals surface area contributed by atoms with E-state index in [9.17, 15) is 9.59 Å².